The van der Waals surface area contributed by atoms with Gasteiger partial charge in [-0.15, -0.1) is 22.7 Å². The average molecular weight is 769 g/mol. The van der Waals surface area contributed by atoms with Crippen molar-refractivity contribution in [3.8, 4) is 33.4 Å². The molecule has 58 heavy (non-hydrogen) atoms. The summed E-state index contributed by atoms with van der Waals surface area (Å²) >= 11 is 3.87. The molecule has 0 saturated heterocycles. The molecule has 0 unspecified atom stereocenters. The summed E-state index contributed by atoms with van der Waals surface area (Å²) in [5.74, 6) is 0. The molecule has 0 amide bonds. The molecule has 0 nitrogen and oxygen atoms in total. The minimum atomic E-state index is 1.24. The molecule has 2 heteroatoms. The Balaban J connectivity index is 1.02. The fourth-order valence-electron chi connectivity index (χ4n) is 9.76. The van der Waals surface area contributed by atoms with Crippen molar-refractivity contribution in [2.24, 2.45) is 0 Å². The molecule has 0 N–H and O–H groups in total. The minimum Gasteiger partial charge on any atom is -0.134 e. The number of thiophene rings is 2. The Morgan fingerprint density at radius 3 is 1.53 bits per heavy atom. The molecule has 268 valence electrons. The van der Waals surface area contributed by atoms with E-state index in [0.717, 1.165) is 0 Å². The van der Waals surface area contributed by atoms with E-state index < -0.39 is 0 Å². The molecular formula is C56H32S2. The molecule has 2 heterocycles. The van der Waals surface area contributed by atoms with Crippen LogP contribution in [-0.4, -0.2) is 0 Å². The monoisotopic (exact) mass is 768 g/mol. The van der Waals surface area contributed by atoms with Gasteiger partial charge in [0.05, 0.1) is 0 Å². The Hall–Kier alpha value is -6.84. The van der Waals surface area contributed by atoms with Crippen molar-refractivity contribution in [3.05, 3.63) is 194 Å². The number of fused-ring (bicyclic) bond motifs is 12. The lowest BCUT2D eigenvalue weighted by Gasteiger charge is -2.19. The number of hydrogen-bond acceptors (Lipinski definition) is 2. The zero-order valence-corrected chi connectivity index (χ0v) is 32.9. The molecule has 0 spiro atoms. The van der Waals surface area contributed by atoms with Gasteiger partial charge in [0.25, 0.3) is 0 Å². The summed E-state index contributed by atoms with van der Waals surface area (Å²) in [6.07, 6.45) is 0. The van der Waals surface area contributed by atoms with Crippen LogP contribution in [0.15, 0.2) is 194 Å². The molecule has 0 bridgehead atoms. The first-order chi connectivity index (χ1) is 28.7. The fourth-order valence-corrected chi connectivity index (χ4v) is 12.3. The summed E-state index contributed by atoms with van der Waals surface area (Å²) in [7, 11) is 0. The van der Waals surface area contributed by atoms with Crippen LogP contribution in [0.1, 0.15) is 0 Å². The van der Waals surface area contributed by atoms with Gasteiger partial charge in [-0.2, -0.15) is 0 Å². The van der Waals surface area contributed by atoms with Crippen LogP contribution in [0.25, 0.3) is 128 Å². The van der Waals surface area contributed by atoms with Crippen molar-refractivity contribution in [1.82, 2.24) is 0 Å². The van der Waals surface area contributed by atoms with Gasteiger partial charge in [0.1, 0.15) is 0 Å². The molecule has 2 aromatic heterocycles. The van der Waals surface area contributed by atoms with Crippen molar-refractivity contribution in [2.75, 3.05) is 0 Å². The van der Waals surface area contributed by atoms with Crippen LogP contribution in [0.2, 0.25) is 0 Å². The highest BCUT2D eigenvalue weighted by atomic mass is 32.1. The first-order valence-electron chi connectivity index (χ1n) is 19.9. The van der Waals surface area contributed by atoms with Crippen molar-refractivity contribution in [3.63, 3.8) is 0 Å². The van der Waals surface area contributed by atoms with Crippen LogP contribution in [0, 0.1) is 0 Å². The topological polar surface area (TPSA) is 0 Å². The van der Waals surface area contributed by atoms with E-state index in [-0.39, 0.29) is 0 Å². The van der Waals surface area contributed by atoms with Crippen LogP contribution >= 0.6 is 22.7 Å². The normalized spacial score (nSPS) is 12.1. The summed E-state index contributed by atoms with van der Waals surface area (Å²) in [6.45, 7) is 0. The Labute approximate surface area is 342 Å². The van der Waals surface area contributed by atoms with Crippen molar-refractivity contribution in [2.45, 2.75) is 0 Å². The van der Waals surface area contributed by atoms with Gasteiger partial charge in [-0.25, -0.2) is 0 Å². The van der Waals surface area contributed by atoms with Crippen LogP contribution in [0.3, 0.4) is 0 Å². The van der Waals surface area contributed by atoms with Crippen LogP contribution in [0.4, 0.5) is 0 Å². The van der Waals surface area contributed by atoms with Crippen LogP contribution in [-0.2, 0) is 0 Å². The van der Waals surface area contributed by atoms with E-state index in [1.165, 1.54) is 128 Å². The van der Waals surface area contributed by atoms with E-state index in [4.69, 9.17) is 0 Å². The third-order valence-electron chi connectivity index (χ3n) is 12.4. The number of rotatable bonds is 3. The number of benzene rings is 11. The fraction of sp³-hybridized carbons (Fsp3) is 0. The Bertz CT molecular complexity index is 3800. The van der Waals surface area contributed by atoms with Crippen molar-refractivity contribution in [1.29, 1.82) is 0 Å². The predicted octanol–water partition coefficient (Wildman–Crippen LogP) is 17.2. The average Bonchev–Trinajstić information content (AvgIpc) is 3.84. The molecule has 0 aliphatic carbocycles. The van der Waals surface area contributed by atoms with Crippen LogP contribution in [0.5, 0.6) is 0 Å². The minimum absolute atomic E-state index is 1.24. The highest BCUT2D eigenvalue weighted by molar-refractivity contribution is 7.30. The van der Waals surface area contributed by atoms with E-state index in [9.17, 15) is 0 Å². The lowest BCUT2D eigenvalue weighted by atomic mass is 9.84. The van der Waals surface area contributed by atoms with Gasteiger partial charge in [-0.05, 0) is 118 Å². The maximum atomic E-state index is 2.47. The largest absolute Gasteiger partial charge is 0.134 e. The maximum Gasteiger partial charge on any atom is 0.0449 e. The first kappa shape index (κ1) is 32.3. The maximum absolute atomic E-state index is 2.47. The third kappa shape index (κ3) is 4.68. The smallest absolute Gasteiger partial charge is 0.0449 e. The van der Waals surface area contributed by atoms with E-state index in [1.807, 2.05) is 22.7 Å². The van der Waals surface area contributed by atoms with Crippen molar-refractivity contribution < 1.29 is 0 Å². The SMILES string of the molecule is c1ccc2cc3c(cc2c1)sc1c(-c2ccc4cc(-c5c6ccccc6c(-c6cccc7ccccc67)c6ccccc56)ccc4c2)cc2c4ccccc4sc2c13. The molecule has 0 fully saturated rings. The third-order valence-corrected chi connectivity index (χ3v) is 14.8. The van der Waals surface area contributed by atoms with Gasteiger partial charge in [-0.3, -0.25) is 0 Å². The molecule has 13 aromatic rings. The first-order valence-corrected chi connectivity index (χ1v) is 21.5. The number of hydrogen-bond donors (Lipinski definition) is 0. The molecule has 0 atom stereocenters. The zero-order valence-electron chi connectivity index (χ0n) is 31.3. The summed E-state index contributed by atoms with van der Waals surface area (Å²) in [6, 6.07) is 72.6. The van der Waals surface area contributed by atoms with Gasteiger partial charge < -0.3 is 0 Å². The molecule has 11 aromatic carbocycles. The second-order valence-corrected chi connectivity index (χ2v) is 17.6. The highest BCUT2D eigenvalue weighted by Crippen LogP contribution is 2.50. The Morgan fingerprint density at radius 2 is 0.793 bits per heavy atom. The predicted molar refractivity (Wildman–Crippen MR) is 256 cm³/mol. The molecular weight excluding hydrogens is 737 g/mol. The second kappa shape index (κ2) is 12.3. The van der Waals surface area contributed by atoms with Crippen LogP contribution < -0.4 is 0 Å². The summed E-state index contributed by atoms with van der Waals surface area (Å²) in [4.78, 5) is 0. The van der Waals surface area contributed by atoms with Gasteiger partial charge in [0.15, 0.2) is 0 Å². The van der Waals surface area contributed by atoms with E-state index in [2.05, 4.69) is 194 Å². The lowest BCUT2D eigenvalue weighted by molar-refractivity contribution is 1.68. The van der Waals surface area contributed by atoms with Gasteiger partial charge in [0, 0.05) is 45.9 Å². The summed E-state index contributed by atoms with van der Waals surface area (Å²) < 4.78 is 5.44. The molecule has 0 aliphatic rings. The van der Waals surface area contributed by atoms with Crippen molar-refractivity contribution >= 4 is 117 Å². The summed E-state index contributed by atoms with van der Waals surface area (Å²) in [5.41, 5.74) is 7.67. The van der Waals surface area contributed by atoms with Gasteiger partial charge >= 0.3 is 0 Å². The van der Waals surface area contributed by atoms with Gasteiger partial charge in [0.2, 0.25) is 0 Å². The molecule has 0 saturated carbocycles. The summed E-state index contributed by atoms with van der Waals surface area (Å²) in [5, 5.41) is 18.1. The standard InChI is InChI=1S/C56H32S2/c1-2-14-35-31-51-49(30-34(35)13-1)54-55(58-51)47(32-48-41-17-9-10-23-50(41)57-56(48)54)38-26-24-37-29-39(27-25-36(37)28-38)52-43-18-5-7-20-45(43)53(46-21-8-6-19-44(46)52)42-22-11-15-33-12-3-4-16-40(33)42/h1-32H. The Morgan fingerprint density at radius 1 is 0.259 bits per heavy atom. The molecule has 0 radical (unpaired) electrons. The quantitative estimate of drug-likeness (QED) is 0.157. The molecule has 0 aliphatic heterocycles. The zero-order chi connectivity index (χ0) is 37.9. The highest BCUT2D eigenvalue weighted by Gasteiger charge is 2.21. The van der Waals surface area contributed by atoms with E-state index in [0.29, 0.717) is 0 Å². The molecule has 13 rings (SSSR count). The van der Waals surface area contributed by atoms with E-state index >= 15 is 0 Å². The Kier molecular flexibility index (Phi) is 6.86. The van der Waals surface area contributed by atoms with E-state index in [1.54, 1.807) is 0 Å². The lowest BCUT2D eigenvalue weighted by Crippen LogP contribution is -1.91. The van der Waals surface area contributed by atoms with Gasteiger partial charge in [-0.1, -0.05) is 158 Å². The second-order valence-electron chi connectivity index (χ2n) is 15.5.